The zero-order chi connectivity index (χ0) is 21.8. The van der Waals surface area contributed by atoms with Gasteiger partial charge in [-0.05, 0) is 50.6 Å². The molecule has 9 nitrogen and oxygen atoms in total. The van der Waals surface area contributed by atoms with E-state index in [4.69, 9.17) is 4.74 Å². The van der Waals surface area contributed by atoms with Crippen LogP contribution >= 0.6 is 0 Å². The number of ether oxygens (including phenoxy) is 1. The summed E-state index contributed by atoms with van der Waals surface area (Å²) in [4.78, 5) is 36.1. The van der Waals surface area contributed by atoms with Gasteiger partial charge in [-0.2, -0.15) is 0 Å². The number of benzene rings is 2. The van der Waals surface area contributed by atoms with E-state index >= 15 is 0 Å². The lowest BCUT2D eigenvalue weighted by Crippen LogP contribution is -2.48. The number of nitrogens with zero attached hydrogens (tertiary/aromatic N) is 2. The van der Waals surface area contributed by atoms with Crippen molar-refractivity contribution >= 4 is 23.4 Å². The van der Waals surface area contributed by atoms with Gasteiger partial charge in [-0.15, -0.1) is 0 Å². The van der Waals surface area contributed by atoms with Gasteiger partial charge in [0, 0.05) is 24.2 Å². The summed E-state index contributed by atoms with van der Waals surface area (Å²) in [5.74, 6) is -1.25. The summed E-state index contributed by atoms with van der Waals surface area (Å²) in [6.45, 7) is 4.94. The third kappa shape index (κ3) is 5.93. The number of carbonyl (C=O) groups excluding carboxylic acids is 1. The number of hydrogen-bond acceptors (Lipinski definition) is 6. The van der Waals surface area contributed by atoms with Gasteiger partial charge in [0.1, 0.15) is 17.4 Å². The highest BCUT2D eigenvalue weighted by Gasteiger charge is 2.34. The molecule has 0 unspecified atom stereocenters. The average Bonchev–Trinajstić information content (AvgIpc) is 2.61. The van der Waals surface area contributed by atoms with E-state index in [-0.39, 0.29) is 23.5 Å². The number of amides is 1. The normalized spacial score (nSPS) is 12.1. The summed E-state index contributed by atoms with van der Waals surface area (Å²) < 4.78 is 5.37. The summed E-state index contributed by atoms with van der Waals surface area (Å²) in [6, 6.07) is 9.57. The summed E-state index contributed by atoms with van der Waals surface area (Å²) in [7, 11) is 0. The molecule has 0 aliphatic rings. The molecule has 0 saturated heterocycles. The Morgan fingerprint density at radius 1 is 1.10 bits per heavy atom. The van der Waals surface area contributed by atoms with E-state index in [0.717, 1.165) is 4.90 Å². The molecule has 0 heterocycles. The Kier molecular flexibility index (Phi) is 6.42. The van der Waals surface area contributed by atoms with Crippen molar-refractivity contribution in [1.82, 2.24) is 0 Å². The van der Waals surface area contributed by atoms with Crippen LogP contribution in [0.2, 0.25) is 0 Å². The van der Waals surface area contributed by atoms with Crippen LogP contribution in [0.4, 0.5) is 16.2 Å². The van der Waals surface area contributed by atoms with Gasteiger partial charge in [-0.3, -0.25) is 15.0 Å². The number of nitro benzene ring substituents is 1. The second kappa shape index (κ2) is 8.59. The zero-order valence-electron chi connectivity index (χ0n) is 16.2. The van der Waals surface area contributed by atoms with Gasteiger partial charge in [0.15, 0.2) is 0 Å². The smallest absolute Gasteiger partial charge is 0.415 e. The Hall–Kier alpha value is -3.62. The lowest BCUT2D eigenvalue weighted by Gasteiger charge is -2.31. The molecule has 0 aliphatic heterocycles. The van der Waals surface area contributed by atoms with E-state index in [0.29, 0.717) is 5.56 Å². The predicted octanol–water partition coefficient (Wildman–Crippen LogP) is 3.74. The average molecular weight is 402 g/mol. The van der Waals surface area contributed by atoms with Gasteiger partial charge in [-0.25, -0.2) is 9.59 Å². The molecule has 0 saturated carbocycles. The lowest BCUT2D eigenvalue weighted by molar-refractivity contribution is -0.384. The van der Waals surface area contributed by atoms with E-state index in [2.05, 4.69) is 0 Å². The second-order valence-corrected chi connectivity index (χ2v) is 7.35. The van der Waals surface area contributed by atoms with Gasteiger partial charge < -0.3 is 14.9 Å². The minimum Gasteiger partial charge on any atom is -0.508 e. The summed E-state index contributed by atoms with van der Waals surface area (Å²) in [5.41, 5.74) is -0.345. The molecule has 29 heavy (non-hydrogen) atoms. The first kappa shape index (κ1) is 21.7. The molecular weight excluding hydrogens is 380 g/mol. The Morgan fingerprint density at radius 2 is 1.66 bits per heavy atom. The third-order valence-corrected chi connectivity index (χ3v) is 3.89. The van der Waals surface area contributed by atoms with Crippen molar-refractivity contribution in [3.63, 3.8) is 0 Å². The van der Waals surface area contributed by atoms with Gasteiger partial charge in [0.05, 0.1) is 4.92 Å². The summed E-state index contributed by atoms with van der Waals surface area (Å²) in [6.07, 6.45) is -0.955. The molecule has 0 aliphatic carbocycles. The molecule has 0 spiro atoms. The fourth-order valence-corrected chi connectivity index (χ4v) is 2.60. The third-order valence-electron chi connectivity index (χ3n) is 3.89. The number of carbonyl (C=O) groups is 2. The van der Waals surface area contributed by atoms with Crippen LogP contribution < -0.4 is 4.90 Å². The van der Waals surface area contributed by atoms with E-state index in [1.165, 1.54) is 36.4 Å². The van der Waals surface area contributed by atoms with E-state index in [9.17, 15) is 29.9 Å². The first-order valence-corrected chi connectivity index (χ1v) is 8.75. The van der Waals surface area contributed by atoms with Crippen LogP contribution in [-0.4, -0.2) is 38.8 Å². The molecular formula is C20H22N2O7. The quantitative estimate of drug-likeness (QED) is 0.556. The van der Waals surface area contributed by atoms with Gasteiger partial charge in [0.25, 0.3) is 5.69 Å². The van der Waals surface area contributed by atoms with Crippen molar-refractivity contribution in [3.8, 4) is 5.75 Å². The number of anilines is 1. The predicted molar refractivity (Wildman–Crippen MR) is 105 cm³/mol. The minimum atomic E-state index is -1.34. The Labute approximate surface area is 167 Å². The molecule has 0 fully saturated rings. The molecule has 2 aromatic rings. The number of hydrogen-bond donors (Lipinski definition) is 2. The SMILES string of the molecule is CC(C)(C)OC(=O)N(c1ccc([N+](=O)[O-])cc1)[C@@H](Cc1ccc(O)cc1)C(=O)O. The number of nitro groups is 1. The highest BCUT2D eigenvalue weighted by atomic mass is 16.6. The first-order valence-electron chi connectivity index (χ1n) is 8.75. The summed E-state index contributed by atoms with van der Waals surface area (Å²) in [5, 5.41) is 30.1. The largest absolute Gasteiger partial charge is 0.508 e. The maximum Gasteiger partial charge on any atom is 0.415 e. The first-order chi connectivity index (χ1) is 13.5. The van der Waals surface area contributed by atoms with Crippen LogP contribution in [0, 0.1) is 10.1 Å². The molecule has 2 aromatic carbocycles. The van der Waals surface area contributed by atoms with Crippen molar-refractivity contribution in [3.05, 3.63) is 64.2 Å². The van der Waals surface area contributed by atoms with Gasteiger partial charge in [0.2, 0.25) is 0 Å². The molecule has 1 amide bonds. The second-order valence-electron chi connectivity index (χ2n) is 7.35. The fourth-order valence-electron chi connectivity index (χ4n) is 2.60. The van der Waals surface area contributed by atoms with E-state index in [1.54, 1.807) is 32.9 Å². The van der Waals surface area contributed by atoms with Gasteiger partial charge in [-0.1, -0.05) is 12.1 Å². The standard InChI is InChI=1S/C20H22N2O7/c1-20(2,3)29-19(26)21(14-6-8-15(9-7-14)22(27)28)17(18(24)25)12-13-4-10-16(23)11-5-13/h4-11,17,23H,12H2,1-3H3,(H,24,25)/t17-/m0/s1. The van der Waals surface area contributed by atoms with Gasteiger partial charge >= 0.3 is 12.1 Å². The maximum absolute atomic E-state index is 12.8. The highest BCUT2D eigenvalue weighted by Crippen LogP contribution is 2.26. The fraction of sp³-hybridized carbons (Fsp3) is 0.300. The maximum atomic E-state index is 12.8. The number of carboxylic acid groups (broad SMARTS) is 1. The lowest BCUT2D eigenvalue weighted by atomic mass is 10.0. The molecule has 2 rings (SSSR count). The van der Waals surface area contributed by atoms with Crippen LogP contribution in [0.3, 0.4) is 0 Å². The van der Waals surface area contributed by atoms with E-state index in [1.807, 2.05) is 0 Å². The van der Waals surface area contributed by atoms with Crippen molar-refractivity contribution in [2.45, 2.75) is 38.8 Å². The van der Waals surface area contributed by atoms with Crippen LogP contribution in [0.15, 0.2) is 48.5 Å². The molecule has 0 radical (unpaired) electrons. The Bertz CT molecular complexity index is 887. The number of phenolic OH excluding ortho intramolecular Hbond substituents is 1. The van der Waals surface area contributed by atoms with Crippen LogP contribution in [0.1, 0.15) is 26.3 Å². The zero-order valence-corrected chi connectivity index (χ0v) is 16.2. The van der Waals surface area contributed by atoms with Crippen LogP contribution in [-0.2, 0) is 16.0 Å². The van der Waals surface area contributed by atoms with Crippen LogP contribution in [0.5, 0.6) is 5.75 Å². The summed E-state index contributed by atoms with van der Waals surface area (Å²) >= 11 is 0. The Morgan fingerprint density at radius 3 is 2.10 bits per heavy atom. The topological polar surface area (TPSA) is 130 Å². The van der Waals surface area contributed by atoms with Crippen molar-refractivity contribution in [2.75, 3.05) is 4.90 Å². The number of phenols is 1. The van der Waals surface area contributed by atoms with Crippen molar-refractivity contribution in [1.29, 1.82) is 0 Å². The molecule has 1 atom stereocenters. The number of aromatic hydroxyl groups is 1. The molecule has 0 bridgehead atoms. The Balaban J connectivity index is 2.46. The minimum absolute atomic E-state index is 0.0278. The van der Waals surface area contributed by atoms with E-state index < -0.39 is 28.6 Å². The number of non-ortho nitro benzene ring substituents is 1. The number of aliphatic carboxylic acids is 1. The highest BCUT2D eigenvalue weighted by molar-refractivity contribution is 5.95. The molecule has 2 N–H and O–H groups in total. The molecule has 154 valence electrons. The molecule has 0 aromatic heterocycles. The van der Waals surface area contributed by atoms with Crippen molar-refractivity contribution < 1.29 is 29.5 Å². The van der Waals surface area contributed by atoms with Crippen molar-refractivity contribution in [2.24, 2.45) is 0 Å². The monoisotopic (exact) mass is 402 g/mol. The van der Waals surface area contributed by atoms with Crippen LogP contribution in [0.25, 0.3) is 0 Å². The molecule has 9 heteroatoms. The number of rotatable bonds is 6. The number of carboxylic acids is 1.